The van der Waals surface area contributed by atoms with Gasteiger partial charge in [-0.05, 0) is 44.2 Å². The molecule has 2 fully saturated rings. The predicted octanol–water partition coefficient (Wildman–Crippen LogP) is 3.43. The molecule has 0 radical (unpaired) electrons. The first-order chi connectivity index (χ1) is 16.8. The lowest BCUT2D eigenvalue weighted by Crippen LogP contribution is -2.50. The van der Waals surface area contributed by atoms with Crippen LogP contribution in [0.25, 0.3) is 22.2 Å². The number of anilines is 1. The number of piperidine rings is 1. The fourth-order valence-electron chi connectivity index (χ4n) is 5.27. The van der Waals surface area contributed by atoms with Crippen LogP contribution >= 0.6 is 0 Å². The molecule has 2 aliphatic rings. The molecular formula is C23H23F5N6O2. The molecule has 0 amide bonds. The fraction of sp³-hybridized carbons (Fsp3) is 0.478. The number of nitrogens with zero attached hydrogens (tertiary/aromatic N) is 6. The zero-order chi connectivity index (χ0) is 26.0. The first-order valence-corrected chi connectivity index (χ1v) is 11.3. The summed E-state index contributed by atoms with van der Waals surface area (Å²) in [6.45, 7) is -1.49. The molecule has 192 valence electrons. The van der Waals surface area contributed by atoms with Gasteiger partial charge in [-0.3, -0.25) is 14.3 Å². The smallest absolute Gasteiger partial charge is 0.406 e. The molecule has 5 rings (SSSR count). The van der Waals surface area contributed by atoms with Crippen molar-refractivity contribution < 1.29 is 27.1 Å². The third-order valence-corrected chi connectivity index (χ3v) is 7.23. The van der Waals surface area contributed by atoms with E-state index in [0.29, 0.717) is 23.2 Å². The lowest BCUT2D eigenvalue weighted by atomic mass is 9.96. The number of phenolic OH excluding ortho intramolecular Hbond substituents is 1. The number of fused-ring (bicyclic) bond motifs is 3. The summed E-state index contributed by atoms with van der Waals surface area (Å²) in [5.41, 5.74) is -0.388. The van der Waals surface area contributed by atoms with Crippen molar-refractivity contribution in [2.45, 2.75) is 56.0 Å². The minimum absolute atomic E-state index is 0.0944. The first-order valence-electron chi connectivity index (χ1n) is 11.3. The summed E-state index contributed by atoms with van der Waals surface area (Å²) in [4.78, 5) is 19.9. The van der Waals surface area contributed by atoms with E-state index in [2.05, 4.69) is 15.2 Å². The molecule has 4 heterocycles. The maximum atomic E-state index is 14.3. The van der Waals surface area contributed by atoms with Crippen molar-refractivity contribution in [3.8, 4) is 17.0 Å². The van der Waals surface area contributed by atoms with Gasteiger partial charge in [0.15, 0.2) is 5.82 Å². The molecule has 3 aromatic rings. The van der Waals surface area contributed by atoms with Crippen molar-refractivity contribution >= 4 is 16.7 Å². The fourth-order valence-corrected chi connectivity index (χ4v) is 5.27. The Balaban J connectivity index is 1.39. The Kier molecular flexibility index (Phi) is 5.65. The van der Waals surface area contributed by atoms with Crippen LogP contribution in [0, 0.1) is 0 Å². The van der Waals surface area contributed by atoms with E-state index in [4.69, 9.17) is 0 Å². The quantitative estimate of drug-likeness (QED) is 0.539. The van der Waals surface area contributed by atoms with Gasteiger partial charge in [0, 0.05) is 31.1 Å². The lowest BCUT2D eigenvalue weighted by molar-refractivity contribution is -0.141. The van der Waals surface area contributed by atoms with Crippen LogP contribution in [0.1, 0.15) is 19.3 Å². The normalized spacial score (nSPS) is 23.8. The second-order valence-corrected chi connectivity index (χ2v) is 9.49. The van der Waals surface area contributed by atoms with Gasteiger partial charge in [-0.25, -0.2) is 13.8 Å². The highest BCUT2D eigenvalue weighted by Gasteiger charge is 2.56. The Bertz CT molecular complexity index is 1360. The molecule has 2 aromatic heterocycles. The van der Waals surface area contributed by atoms with E-state index in [0.717, 1.165) is 12.4 Å². The number of halogens is 5. The molecule has 0 spiro atoms. The van der Waals surface area contributed by atoms with Crippen LogP contribution in [-0.4, -0.2) is 74.1 Å². The highest BCUT2D eigenvalue weighted by atomic mass is 19.4. The molecule has 1 N–H and O–H groups in total. The maximum absolute atomic E-state index is 14.3. The van der Waals surface area contributed by atoms with Crippen LogP contribution in [0.3, 0.4) is 0 Å². The van der Waals surface area contributed by atoms with E-state index in [1.165, 1.54) is 6.07 Å². The van der Waals surface area contributed by atoms with Crippen molar-refractivity contribution in [1.82, 2.24) is 24.6 Å². The van der Waals surface area contributed by atoms with Crippen molar-refractivity contribution in [3.63, 3.8) is 0 Å². The molecule has 2 aliphatic heterocycles. The zero-order valence-electron chi connectivity index (χ0n) is 19.4. The van der Waals surface area contributed by atoms with Gasteiger partial charge >= 0.3 is 6.18 Å². The van der Waals surface area contributed by atoms with E-state index in [1.54, 1.807) is 31.1 Å². The molecule has 0 unspecified atom stereocenters. The van der Waals surface area contributed by atoms with E-state index < -0.39 is 30.2 Å². The average molecular weight is 510 g/mol. The molecule has 0 saturated carbocycles. The summed E-state index contributed by atoms with van der Waals surface area (Å²) >= 11 is 0. The van der Waals surface area contributed by atoms with Crippen molar-refractivity contribution in [3.05, 3.63) is 40.9 Å². The van der Waals surface area contributed by atoms with E-state index in [1.807, 2.05) is 4.90 Å². The van der Waals surface area contributed by atoms with E-state index in [9.17, 15) is 31.9 Å². The van der Waals surface area contributed by atoms with Crippen molar-refractivity contribution in [2.75, 3.05) is 19.0 Å². The predicted molar refractivity (Wildman–Crippen MR) is 121 cm³/mol. The topological polar surface area (TPSA) is 87.4 Å². The second kappa shape index (κ2) is 8.36. The number of aromatic hydroxyl groups is 1. The minimum atomic E-state index is -4.60. The number of aromatic nitrogens is 4. The van der Waals surface area contributed by atoms with Gasteiger partial charge in [0.25, 0.3) is 11.5 Å². The lowest BCUT2D eigenvalue weighted by Gasteiger charge is -2.40. The number of rotatable bonds is 4. The molecule has 8 nitrogen and oxygen atoms in total. The largest absolute Gasteiger partial charge is 0.507 e. The van der Waals surface area contributed by atoms with Gasteiger partial charge in [-0.1, -0.05) is 0 Å². The van der Waals surface area contributed by atoms with Gasteiger partial charge < -0.3 is 10.0 Å². The molecule has 1 aromatic carbocycles. The van der Waals surface area contributed by atoms with Gasteiger partial charge in [-0.15, -0.1) is 10.2 Å². The number of hydrogen-bond acceptors (Lipinski definition) is 7. The molecule has 2 saturated heterocycles. The molecule has 2 bridgehead atoms. The Morgan fingerprint density at radius 3 is 2.58 bits per heavy atom. The van der Waals surface area contributed by atoms with Crippen molar-refractivity contribution in [1.29, 1.82) is 0 Å². The van der Waals surface area contributed by atoms with E-state index >= 15 is 0 Å². The third-order valence-electron chi connectivity index (χ3n) is 7.23. The van der Waals surface area contributed by atoms with Crippen LogP contribution in [0.2, 0.25) is 0 Å². The van der Waals surface area contributed by atoms with Gasteiger partial charge in [0.2, 0.25) is 0 Å². The summed E-state index contributed by atoms with van der Waals surface area (Å²) < 4.78 is 67.1. The molecule has 0 aliphatic carbocycles. The summed E-state index contributed by atoms with van der Waals surface area (Å²) in [6.07, 6.45) is -3.07. The van der Waals surface area contributed by atoms with Gasteiger partial charge in [0.1, 0.15) is 12.3 Å². The molecule has 13 heteroatoms. The summed E-state index contributed by atoms with van der Waals surface area (Å²) in [5, 5.41) is 18.7. The Morgan fingerprint density at radius 1 is 1.19 bits per heavy atom. The Morgan fingerprint density at radius 2 is 1.94 bits per heavy atom. The summed E-state index contributed by atoms with van der Waals surface area (Å²) in [6, 6.07) is 4.49. The Labute approximate surface area is 202 Å². The minimum Gasteiger partial charge on any atom is -0.507 e. The SMILES string of the molecule is CN(c1ccc(-c2cc3ncn(CC(F)(F)F)c(=O)c3cc2O)nn1)[C@@H]1C[C@@H]2CC(F)(F)[C@@H](C1)N2C. The number of benzene rings is 1. The zero-order valence-corrected chi connectivity index (χ0v) is 19.4. The van der Waals surface area contributed by atoms with Crippen LogP contribution in [0.15, 0.2) is 35.4 Å². The average Bonchev–Trinajstić information content (AvgIpc) is 2.92. The second-order valence-electron chi connectivity index (χ2n) is 9.49. The monoisotopic (exact) mass is 510 g/mol. The molecular weight excluding hydrogens is 487 g/mol. The third kappa shape index (κ3) is 4.25. The Hall–Kier alpha value is -3.35. The van der Waals surface area contributed by atoms with Gasteiger partial charge in [0.05, 0.1) is 29.0 Å². The highest BCUT2D eigenvalue weighted by Crippen LogP contribution is 2.46. The van der Waals surface area contributed by atoms with Crippen LogP contribution < -0.4 is 10.5 Å². The molecule has 3 atom stereocenters. The summed E-state index contributed by atoms with van der Waals surface area (Å²) in [5.74, 6) is -2.61. The van der Waals surface area contributed by atoms with Crippen molar-refractivity contribution in [2.24, 2.45) is 0 Å². The highest BCUT2D eigenvalue weighted by molar-refractivity contribution is 5.86. The number of alkyl halides is 5. The standard InChI is InChI=1S/C23H23F5N6O2/c1-32-13-5-12(6-19(32)22(24,25)9-13)33(2)20-4-3-16(30-31-20)14-7-17-15(8-18(14)35)21(36)34(11-29-17)10-23(26,27)28/h3-4,7-8,11-13,19,35H,5-6,9-10H2,1-2H3/t12-,13-,19-/m1/s1. The first kappa shape index (κ1) is 24.3. The van der Waals surface area contributed by atoms with Crippen LogP contribution in [0.4, 0.5) is 27.8 Å². The van der Waals surface area contributed by atoms with E-state index in [-0.39, 0.29) is 46.4 Å². The number of phenols is 1. The van der Waals surface area contributed by atoms with Crippen LogP contribution in [-0.2, 0) is 6.54 Å². The van der Waals surface area contributed by atoms with Gasteiger partial charge in [-0.2, -0.15) is 13.2 Å². The molecule has 36 heavy (non-hydrogen) atoms. The van der Waals surface area contributed by atoms with Crippen LogP contribution in [0.5, 0.6) is 5.75 Å². The summed E-state index contributed by atoms with van der Waals surface area (Å²) in [7, 11) is 3.51. The number of hydrogen-bond donors (Lipinski definition) is 1. The maximum Gasteiger partial charge on any atom is 0.406 e.